The summed E-state index contributed by atoms with van der Waals surface area (Å²) in [6.07, 6.45) is 5.06. The van der Waals surface area contributed by atoms with Gasteiger partial charge in [0.15, 0.2) is 0 Å². The zero-order valence-electron chi connectivity index (χ0n) is 13.6. The molecule has 0 radical (unpaired) electrons. The fourth-order valence-electron chi connectivity index (χ4n) is 2.96. The van der Waals surface area contributed by atoms with Crippen LogP contribution in [0.1, 0.15) is 59.8 Å². The lowest BCUT2D eigenvalue weighted by Crippen LogP contribution is -2.44. The molecule has 0 amide bonds. The largest absolute Gasteiger partial charge is 0.480 e. The van der Waals surface area contributed by atoms with Gasteiger partial charge in [0.2, 0.25) is 0 Å². The summed E-state index contributed by atoms with van der Waals surface area (Å²) in [5, 5.41) is 8.96. The van der Waals surface area contributed by atoms with E-state index in [4.69, 9.17) is 10.8 Å². The second kappa shape index (κ2) is 6.90. The maximum Gasteiger partial charge on any atom is 0.323 e. The van der Waals surface area contributed by atoms with Crippen molar-refractivity contribution in [3.8, 4) is 0 Å². The number of carbonyl (C=O) groups is 1. The molecule has 1 atom stereocenters. The molecule has 4 nitrogen and oxygen atoms in total. The summed E-state index contributed by atoms with van der Waals surface area (Å²) in [4.78, 5) is 13.4. The first-order valence-corrected chi connectivity index (χ1v) is 7.87. The second-order valence-corrected chi connectivity index (χ2v) is 7.66. The van der Waals surface area contributed by atoms with E-state index in [1.54, 1.807) is 6.92 Å². The van der Waals surface area contributed by atoms with Gasteiger partial charge in [-0.1, -0.05) is 20.8 Å². The van der Waals surface area contributed by atoms with Crippen LogP contribution in [-0.4, -0.2) is 41.1 Å². The van der Waals surface area contributed by atoms with Gasteiger partial charge >= 0.3 is 5.97 Å². The maximum atomic E-state index is 10.9. The number of unbranched alkanes of at least 4 members (excludes halogenated alkanes) is 1. The molecule has 4 heteroatoms. The van der Waals surface area contributed by atoms with Gasteiger partial charge in [0, 0.05) is 0 Å². The van der Waals surface area contributed by atoms with Crippen LogP contribution in [0.25, 0.3) is 0 Å². The lowest BCUT2D eigenvalue weighted by molar-refractivity contribution is -0.142. The van der Waals surface area contributed by atoms with E-state index in [1.165, 1.54) is 25.9 Å². The molecule has 1 aliphatic rings. The van der Waals surface area contributed by atoms with Crippen molar-refractivity contribution < 1.29 is 9.90 Å². The second-order valence-electron chi connectivity index (χ2n) is 7.66. The van der Waals surface area contributed by atoms with Crippen LogP contribution < -0.4 is 5.73 Å². The van der Waals surface area contributed by atoms with Gasteiger partial charge in [-0.05, 0) is 70.0 Å². The number of piperidine rings is 1. The predicted molar refractivity (Wildman–Crippen MR) is 82.7 cm³/mol. The third kappa shape index (κ3) is 5.41. The van der Waals surface area contributed by atoms with Crippen LogP contribution in [0.2, 0.25) is 0 Å². The van der Waals surface area contributed by atoms with Crippen molar-refractivity contribution >= 4 is 5.97 Å². The van der Waals surface area contributed by atoms with Gasteiger partial charge in [0.1, 0.15) is 5.54 Å². The number of aliphatic carboxylic acids is 1. The number of likely N-dealkylation sites (tertiary alicyclic amines) is 1. The Kier molecular flexibility index (Phi) is 6.02. The molecule has 118 valence electrons. The molecule has 0 spiro atoms. The highest BCUT2D eigenvalue weighted by Crippen LogP contribution is 2.34. The Morgan fingerprint density at radius 3 is 2.20 bits per heavy atom. The number of nitrogens with two attached hydrogens (primary N) is 1. The molecular formula is C16H32N2O2. The van der Waals surface area contributed by atoms with E-state index in [1.807, 2.05) is 0 Å². The normalized spacial score (nSPS) is 21.6. The van der Waals surface area contributed by atoms with Gasteiger partial charge < -0.3 is 15.7 Å². The first kappa shape index (κ1) is 17.4. The van der Waals surface area contributed by atoms with Crippen molar-refractivity contribution in [2.24, 2.45) is 17.1 Å². The third-order valence-electron chi connectivity index (χ3n) is 4.72. The molecule has 0 aromatic rings. The molecule has 0 bridgehead atoms. The smallest absolute Gasteiger partial charge is 0.323 e. The van der Waals surface area contributed by atoms with E-state index in [-0.39, 0.29) is 0 Å². The van der Waals surface area contributed by atoms with Crippen LogP contribution in [0.3, 0.4) is 0 Å². The van der Waals surface area contributed by atoms with Crippen molar-refractivity contribution in [3.05, 3.63) is 0 Å². The van der Waals surface area contributed by atoms with Crippen LogP contribution in [0.5, 0.6) is 0 Å². The lowest BCUT2D eigenvalue weighted by atomic mass is 9.75. The Hall–Kier alpha value is -0.610. The van der Waals surface area contributed by atoms with E-state index < -0.39 is 11.5 Å². The number of hydrogen-bond acceptors (Lipinski definition) is 3. The zero-order valence-corrected chi connectivity index (χ0v) is 13.6. The summed E-state index contributed by atoms with van der Waals surface area (Å²) in [5.41, 5.74) is 5.09. The quantitative estimate of drug-likeness (QED) is 0.736. The standard InChI is InChI=1S/C16H32N2O2/c1-15(2,3)13-7-11-18(12-8-13)10-6-5-9-16(4,17)14(19)20/h13H,5-12,17H2,1-4H3,(H,19,20). The van der Waals surface area contributed by atoms with E-state index in [0.29, 0.717) is 11.8 Å². The number of rotatable bonds is 6. The Labute approximate surface area is 123 Å². The van der Waals surface area contributed by atoms with Crippen molar-refractivity contribution in [1.82, 2.24) is 4.90 Å². The fourth-order valence-corrected chi connectivity index (χ4v) is 2.96. The van der Waals surface area contributed by atoms with Crippen molar-refractivity contribution in [2.75, 3.05) is 19.6 Å². The van der Waals surface area contributed by atoms with Crippen LogP contribution in [0.4, 0.5) is 0 Å². The van der Waals surface area contributed by atoms with Gasteiger partial charge in [-0.15, -0.1) is 0 Å². The summed E-state index contributed by atoms with van der Waals surface area (Å²) in [7, 11) is 0. The summed E-state index contributed by atoms with van der Waals surface area (Å²) < 4.78 is 0. The molecule has 0 aliphatic carbocycles. The topological polar surface area (TPSA) is 66.6 Å². The lowest BCUT2D eigenvalue weighted by Gasteiger charge is -2.38. The molecule has 0 aromatic carbocycles. The molecule has 0 aromatic heterocycles. The Morgan fingerprint density at radius 1 is 1.20 bits per heavy atom. The monoisotopic (exact) mass is 284 g/mol. The minimum atomic E-state index is -1.07. The molecule has 1 rings (SSSR count). The first-order chi connectivity index (χ1) is 9.13. The molecule has 1 fully saturated rings. The molecule has 1 saturated heterocycles. The summed E-state index contributed by atoms with van der Waals surface area (Å²) in [6, 6.07) is 0. The van der Waals surface area contributed by atoms with Crippen LogP contribution >= 0.6 is 0 Å². The highest BCUT2D eigenvalue weighted by atomic mass is 16.4. The average molecular weight is 284 g/mol. The fraction of sp³-hybridized carbons (Fsp3) is 0.938. The molecule has 0 saturated carbocycles. The maximum absolute atomic E-state index is 10.9. The SMILES string of the molecule is CC(N)(CCCCN1CCC(C(C)(C)C)CC1)C(=O)O. The van der Waals surface area contributed by atoms with Crippen LogP contribution in [0, 0.1) is 11.3 Å². The highest BCUT2D eigenvalue weighted by molar-refractivity contribution is 5.77. The van der Waals surface area contributed by atoms with E-state index in [2.05, 4.69) is 25.7 Å². The van der Waals surface area contributed by atoms with Gasteiger partial charge in [0.05, 0.1) is 0 Å². The number of carboxylic acid groups (broad SMARTS) is 1. The number of carboxylic acids is 1. The van der Waals surface area contributed by atoms with Crippen molar-refractivity contribution in [3.63, 3.8) is 0 Å². The molecular weight excluding hydrogens is 252 g/mol. The molecule has 3 N–H and O–H groups in total. The average Bonchev–Trinajstić information content (AvgIpc) is 2.34. The van der Waals surface area contributed by atoms with Gasteiger partial charge in [0.25, 0.3) is 0 Å². The van der Waals surface area contributed by atoms with E-state index in [0.717, 1.165) is 25.3 Å². The van der Waals surface area contributed by atoms with Crippen LogP contribution in [-0.2, 0) is 4.79 Å². The summed E-state index contributed by atoms with van der Waals surface area (Å²) in [5.74, 6) is -0.0680. The number of nitrogens with zero attached hydrogens (tertiary/aromatic N) is 1. The third-order valence-corrected chi connectivity index (χ3v) is 4.72. The first-order valence-electron chi connectivity index (χ1n) is 7.87. The molecule has 1 unspecified atom stereocenters. The summed E-state index contributed by atoms with van der Waals surface area (Å²) >= 11 is 0. The van der Waals surface area contributed by atoms with Gasteiger partial charge in [-0.25, -0.2) is 0 Å². The highest BCUT2D eigenvalue weighted by Gasteiger charge is 2.29. The van der Waals surface area contributed by atoms with Gasteiger partial charge in [-0.2, -0.15) is 0 Å². The minimum absolute atomic E-state index is 0.426. The predicted octanol–water partition coefficient (Wildman–Crippen LogP) is 2.72. The zero-order chi connectivity index (χ0) is 15.4. The summed E-state index contributed by atoms with van der Waals surface area (Å²) in [6.45, 7) is 12.0. The van der Waals surface area contributed by atoms with Gasteiger partial charge in [-0.3, -0.25) is 4.79 Å². The van der Waals surface area contributed by atoms with Crippen molar-refractivity contribution in [2.45, 2.75) is 65.3 Å². The molecule has 20 heavy (non-hydrogen) atoms. The Bertz CT molecular complexity index is 313. The van der Waals surface area contributed by atoms with Crippen LogP contribution in [0.15, 0.2) is 0 Å². The van der Waals surface area contributed by atoms with E-state index in [9.17, 15) is 4.79 Å². The Morgan fingerprint density at radius 2 is 1.75 bits per heavy atom. The van der Waals surface area contributed by atoms with Crippen molar-refractivity contribution in [1.29, 1.82) is 0 Å². The Balaban J connectivity index is 2.18. The van der Waals surface area contributed by atoms with E-state index >= 15 is 0 Å². The molecule has 1 aliphatic heterocycles. The molecule has 1 heterocycles. The number of hydrogen-bond donors (Lipinski definition) is 2. The minimum Gasteiger partial charge on any atom is -0.480 e.